The number of piperidine rings is 1. The van der Waals surface area contributed by atoms with Crippen LogP contribution in [-0.4, -0.2) is 93.5 Å². The van der Waals surface area contributed by atoms with Gasteiger partial charge in [0.05, 0.1) is 6.54 Å². The predicted molar refractivity (Wildman–Crippen MR) is 151 cm³/mol. The lowest BCUT2D eigenvalue weighted by Crippen LogP contribution is -2.41. The number of hydrogen-bond acceptors (Lipinski definition) is 9. The number of alkyl halides is 6. The van der Waals surface area contributed by atoms with Gasteiger partial charge in [-0.3, -0.25) is 15.0 Å². The van der Waals surface area contributed by atoms with Gasteiger partial charge in [-0.1, -0.05) is 12.1 Å². The number of aromatic nitrogens is 2. The largest absolute Gasteiger partial charge is 0.491 e. The molecule has 1 aromatic heterocycles. The van der Waals surface area contributed by atoms with Crippen LogP contribution in [0.5, 0.6) is 5.75 Å². The number of rotatable bonds is 10. The highest BCUT2D eigenvalue weighted by Crippen LogP contribution is 2.24. The Morgan fingerprint density at radius 1 is 1.02 bits per heavy atom. The standard InChI is InChI=1S/C22H27ClN6O4.2C2HF3O2/c23-22-27-8-5-18(28-22)29-10-6-15(7-11-29)21(32)26-9-12-33-17-13-16(20(24)25)2-1-14(17)3-4-19(30)31;2*3-2(4,5)1(6)7/h1-2,5,8,13,15H,3-4,6-7,9-12H2,(H3,24,25)(H,26,32)(H,30,31);2*(H,6,7). The van der Waals surface area contributed by atoms with Crippen molar-refractivity contribution in [3.63, 3.8) is 0 Å². The van der Waals surface area contributed by atoms with Crippen molar-refractivity contribution in [3.8, 4) is 5.75 Å². The summed E-state index contributed by atoms with van der Waals surface area (Å²) in [5.74, 6) is -5.41. The van der Waals surface area contributed by atoms with Gasteiger partial charge in [0.2, 0.25) is 11.2 Å². The lowest BCUT2D eigenvalue weighted by Gasteiger charge is -2.32. The van der Waals surface area contributed by atoms with E-state index in [0.29, 0.717) is 55.8 Å². The van der Waals surface area contributed by atoms with Gasteiger partial charge in [-0.25, -0.2) is 19.6 Å². The minimum atomic E-state index is -5.08. The van der Waals surface area contributed by atoms with Crippen molar-refractivity contribution in [2.45, 2.75) is 38.0 Å². The maximum Gasteiger partial charge on any atom is 0.490 e. The van der Waals surface area contributed by atoms with Crippen LogP contribution in [0.25, 0.3) is 0 Å². The summed E-state index contributed by atoms with van der Waals surface area (Å²) in [7, 11) is 0. The highest BCUT2D eigenvalue weighted by atomic mass is 35.5. The van der Waals surface area contributed by atoms with Crippen molar-refractivity contribution in [1.82, 2.24) is 15.3 Å². The number of hydrogen-bond donors (Lipinski definition) is 6. The second-order valence-corrected chi connectivity index (χ2v) is 9.66. The maximum absolute atomic E-state index is 12.6. The van der Waals surface area contributed by atoms with E-state index < -0.39 is 30.3 Å². The van der Waals surface area contributed by atoms with E-state index in [9.17, 15) is 35.9 Å². The molecule has 0 aliphatic carbocycles. The Labute approximate surface area is 267 Å². The molecule has 7 N–H and O–H groups in total. The second kappa shape index (κ2) is 18.3. The summed E-state index contributed by atoms with van der Waals surface area (Å²) in [6.07, 6.45) is -6.89. The van der Waals surface area contributed by atoms with Gasteiger partial charge in [0, 0.05) is 37.2 Å². The quantitative estimate of drug-likeness (QED) is 0.0690. The van der Waals surface area contributed by atoms with Gasteiger partial charge in [0.1, 0.15) is 24.0 Å². The molecule has 0 spiro atoms. The lowest BCUT2D eigenvalue weighted by atomic mass is 9.96. The number of amides is 1. The highest BCUT2D eigenvalue weighted by Gasteiger charge is 2.39. The minimum absolute atomic E-state index is 0.0254. The number of nitrogens with two attached hydrogens (primary N) is 1. The first-order valence-electron chi connectivity index (χ1n) is 13.2. The predicted octanol–water partition coefficient (Wildman–Crippen LogP) is 3.11. The molecule has 47 heavy (non-hydrogen) atoms. The van der Waals surface area contributed by atoms with Crippen LogP contribution in [0.2, 0.25) is 5.28 Å². The summed E-state index contributed by atoms with van der Waals surface area (Å²) in [5.41, 5.74) is 6.75. The molecule has 1 aromatic carbocycles. The van der Waals surface area contributed by atoms with Crippen LogP contribution in [0.3, 0.4) is 0 Å². The van der Waals surface area contributed by atoms with Crippen molar-refractivity contribution >= 4 is 47.1 Å². The fourth-order valence-electron chi connectivity index (χ4n) is 3.66. The molecular weight excluding hydrogens is 674 g/mol. The number of amidine groups is 1. The molecule has 1 amide bonds. The molecule has 2 heterocycles. The molecule has 1 fully saturated rings. The van der Waals surface area contributed by atoms with Crippen LogP contribution < -0.4 is 20.7 Å². The van der Waals surface area contributed by atoms with Crippen molar-refractivity contribution in [2.24, 2.45) is 11.7 Å². The Kier molecular flexibility index (Phi) is 15.6. The number of nitrogen functional groups attached to an aromatic ring is 1. The summed E-state index contributed by atoms with van der Waals surface area (Å²) in [6, 6.07) is 6.80. The molecular formula is C26H29ClF6N6O8. The smallest absolute Gasteiger partial charge is 0.490 e. The number of nitrogens with one attached hydrogen (secondary N) is 2. The van der Waals surface area contributed by atoms with Gasteiger partial charge >= 0.3 is 30.3 Å². The number of aryl methyl sites for hydroxylation is 1. The number of aliphatic carboxylic acids is 3. The average Bonchev–Trinajstić information content (AvgIpc) is 2.98. The molecule has 1 saturated heterocycles. The van der Waals surface area contributed by atoms with Crippen LogP contribution in [0, 0.1) is 11.3 Å². The van der Waals surface area contributed by atoms with Gasteiger partial charge in [-0.05, 0) is 48.6 Å². The number of carbonyl (C=O) groups is 4. The third-order valence-corrected chi connectivity index (χ3v) is 6.11. The molecule has 0 unspecified atom stereocenters. The molecule has 3 rings (SSSR count). The number of benzene rings is 1. The molecule has 1 aliphatic rings. The number of anilines is 1. The lowest BCUT2D eigenvalue weighted by molar-refractivity contribution is -0.193. The van der Waals surface area contributed by atoms with Crippen molar-refractivity contribution < 1.29 is 65.6 Å². The van der Waals surface area contributed by atoms with E-state index >= 15 is 0 Å². The number of carboxylic acids is 3. The maximum atomic E-state index is 12.6. The fraction of sp³-hybridized carbons (Fsp3) is 0.423. The Bertz CT molecular complexity index is 1380. The van der Waals surface area contributed by atoms with Crippen LogP contribution in [0.15, 0.2) is 30.5 Å². The van der Waals surface area contributed by atoms with E-state index in [2.05, 4.69) is 20.2 Å². The first kappa shape index (κ1) is 40.1. The molecule has 0 saturated carbocycles. The zero-order chi connectivity index (χ0) is 35.9. The zero-order valence-electron chi connectivity index (χ0n) is 24.1. The summed E-state index contributed by atoms with van der Waals surface area (Å²) in [5, 5.41) is 33.9. The van der Waals surface area contributed by atoms with Crippen molar-refractivity contribution in [1.29, 1.82) is 5.41 Å². The Morgan fingerprint density at radius 2 is 1.57 bits per heavy atom. The van der Waals surface area contributed by atoms with Crippen molar-refractivity contribution in [3.05, 3.63) is 46.9 Å². The van der Waals surface area contributed by atoms with E-state index in [1.807, 2.05) is 0 Å². The summed E-state index contributed by atoms with van der Waals surface area (Å²) in [4.78, 5) is 51.4. The van der Waals surface area contributed by atoms with E-state index in [0.717, 1.165) is 5.82 Å². The Balaban J connectivity index is 0.000000658. The number of nitrogens with zero attached hydrogens (tertiary/aromatic N) is 3. The fourth-order valence-corrected chi connectivity index (χ4v) is 3.80. The average molecular weight is 703 g/mol. The van der Waals surface area contributed by atoms with Gasteiger partial charge in [0.25, 0.3) is 0 Å². The van der Waals surface area contributed by atoms with Crippen LogP contribution in [0.4, 0.5) is 32.2 Å². The Hall–Kier alpha value is -4.88. The molecule has 0 atom stereocenters. The van der Waals surface area contributed by atoms with Gasteiger partial charge in [-0.2, -0.15) is 26.3 Å². The molecule has 0 radical (unpaired) electrons. The van der Waals surface area contributed by atoms with Crippen LogP contribution in [-0.2, 0) is 25.6 Å². The third-order valence-electron chi connectivity index (χ3n) is 5.93. The summed E-state index contributed by atoms with van der Waals surface area (Å²) < 4.78 is 69.3. The van der Waals surface area contributed by atoms with Gasteiger partial charge in [0.15, 0.2) is 0 Å². The topological polar surface area (TPSA) is 229 Å². The SMILES string of the molecule is N=C(N)c1ccc(CCC(=O)O)c(OCCNC(=O)C2CCN(c3ccnc(Cl)n3)CC2)c1.O=C(O)C(F)(F)F.O=C(O)C(F)(F)F. The zero-order valence-corrected chi connectivity index (χ0v) is 24.8. The third kappa shape index (κ3) is 15.3. The van der Waals surface area contributed by atoms with Crippen molar-refractivity contribution in [2.75, 3.05) is 31.1 Å². The Morgan fingerprint density at radius 3 is 2.04 bits per heavy atom. The minimum Gasteiger partial charge on any atom is -0.491 e. The van der Waals surface area contributed by atoms with E-state index in [4.69, 9.17) is 52.4 Å². The molecule has 0 bridgehead atoms. The summed E-state index contributed by atoms with van der Waals surface area (Å²) >= 11 is 5.86. The molecule has 2 aromatic rings. The number of carboxylic acid groups (broad SMARTS) is 3. The second-order valence-electron chi connectivity index (χ2n) is 9.32. The van der Waals surface area contributed by atoms with E-state index in [1.165, 1.54) is 0 Å². The number of carbonyl (C=O) groups excluding carboxylic acids is 1. The number of ether oxygens (including phenoxy) is 1. The van der Waals surface area contributed by atoms with E-state index in [-0.39, 0.29) is 36.0 Å². The highest BCUT2D eigenvalue weighted by molar-refractivity contribution is 6.28. The number of halogens is 7. The summed E-state index contributed by atoms with van der Waals surface area (Å²) in [6.45, 7) is 1.92. The van der Waals surface area contributed by atoms with Gasteiger partial charge < -0.3 is 36.0 Å². The van der Waals surface area contributed by atoms with Crippen LogP contribution >= 0.6 is 11.6 Å². The molecule has 260 valence electrons. The normalized spacial score (nSPS) is 13.2. The monoisotopic (exact) mass is 702 g/mol. The van der Waals surface area contributed by atoms with Crippen LogP contribution in [0.1, 0.15) is 30.4 Å². The van der Waals surface area contributed by atoms with Gasteiger partial charge in [-0.15, -0.1) is 0 Å². The van der Waals surface area contributed by atoms with E-state index in [1.54, 1.807) is 30.5 Å². The first-order chi connectivity index (χ1) is 21.7. The molecule has 1 aliphatic heterocycles. The first-order valence-corrected chi connectivity index (χ1v) is 13.5. The molecule has 21 heteroatoms. The molecule has 14 nitrogen and oxygen atoms in total.